The zero-order chi connectivity index (χ0) is 27.8. The third kappa shape index (κ3) is 4.11. The lowest BCUT2D eigenvalue weighted by Gasteiger charge is -2.71. The highest BCUT2D eigenvalue weighted by Crippen LogP contribution is 2.67. The molecule has 2 aliphatic carbocycles. The smallest absolute Gasteiger partial charge is 0.326 e. The van der Waals surface area contributed by atoms with E-state index in [0.29, 0.717) is 39.1 Å². The van der Waals surface area contributed by atoms with Crippen LogP contribution in [0.5, 0.6) is 0 Å². The van der Waals surface area contributed by atoms with Crippen LogP contribution in [0.1, 0.15) is 67.7 Å². The third-order valence-electron chi connectivity index (χ3n) is 10.3. The molecule has 2 saturated heterocycles. The van der Waals surface area contributed by atoms with Crippen LogP contribution in [0.25, 0.3) is 0 Å². The van der Waals surface area contributed by atoms with Crippen molar-refractivity contribution in [2.75, 3.05) is 26.3 Å². The summed E-state index contributed by atoms with van der Waals surface area (Å²) in [5.41, 5.74) is -8.35. The number of Topliss-reactive ketones (excluding diaryl/α,β-unsaturated/α-hetero) is 1. The SMILES string of the molecule is C=C[C@@]1(C)CC(=O)[C@]2(O)C3(C)C(C(O)C(OC(=O)C(C)(C)N4CCOCC4)[C@@]2(C)O1)C(C)(C)CC[C@@H]3O.Cl. The molecule has 9 nitrogen and oxygen atoms in total. The molecule has 4 fully saturated rings. The van der Waals surface area contributed by atoms with Crippen LogP contribution in [0.15, 0.2) is 12.7 Å². The molecule has 0 aromatic rings. The van der Waals surface area contributed by atoms with E-state index in [9.17, 15) is 24.9 Å². The largest absolute Gasteiger partial charge is 0.455 e. The molecule has 2 saturated carbocycles. The van der Waals surface area contributed by atoms with Crippen LogP contribution in [0.2, 0.25) is 0 Å². The molecule has 2 heterocycles. The molecule has 0 radical (unpaired) electrons. The summed E-state index contributed by atoms with van der Waals surface area (Å²) in [6, 6.07) is 0. The Morgan fingerprint density at radius 1 is 1.16 bits per heavy atom. The summed E-state index contributed by atoms with van der Waals surface area (Å²) in [4.78, 5) is 29.7. The lowest BCUT2D eigenvalue weighted by molar-refractivity contribution is -0.371. The molecule has 0 bridgehead atoms. The van der Waals surface area contributed by atoms with Crippen LogP contribution in [0.4, 0.5) is 0 Å². The normalized spacial score (nSPS) is 45.3. The Hall–Kier alpha value is -1.07. The molecular formula is C28H46ClNO8. The summed E-state index contributed by atoms with van der Waals surface area (Å²) in [6.07, 6.45) is -1.52. The number of hydrogen-bond acceptors (Lipinski definition) is 9. The number of nitrogens with zero attached hydrogens (tertiary/aromatic N) is 1. The first kappa shape index (κ1) is 31.5. The van der Waals surface area contributed by atoms with Gasteiger partial charge in [-0.2, -0.15) is 0 Å². The van der Waals surface area contributed by atoms with Crippen molar-refractivity contribution >= 4 is 24.2 Å². The molecule has 3 N–H and O–H groups in total. The van der Waals surface area contributed by atoms with Crippen LogP contribution in [0, 0.1) is 16.7 Å². The van der Waals surface area contributed by atoms with Gasteiger partial charge in [0, 0.05) is 30.8 Å². The molecule has 0 amide bonds. The van der Waals surface area contributed by atoms with Gasteiger partial charge in [0.2, 0.25) is 0 Å². The highest BCUT2D eigenvalue weighted by molar-refractivity contribution is 5.92. The number of carbonyl (C=O) groups excluding carboxylic acids is 2. The van der Waals surface area contributed by atoms with Crippen molar-refractivity contribution in [1.82, 2.24) is 4.90 Å². The Kier molecular flexibility index (Phi) is 8.10. The number of aliphatic hydroxyl groups excluding tert-OH is 2. The topological polar surface area (TPSA) is 126 Å². The lowest BCUT2D eigenvalue weighted by atomic mass is 9.40. The monoisotopic (exact) mass is 559 g/mol. The highest BCUT2D eigenvalue weighted by Gasteiger charge is 2.81. The zero-order valence-corrected chi connectivity index (χ0v) is 24.6. The predicted octanol–water partition coefficient (Wildman–Crippen LogP) is 2.03. The number of hydrogen-bond donors (Lipinski definition) is 3. The molecule has 2 aliphatic heterocycles. The average Bonchev–Trinajstić information content (AvgIpc) is 2.82. The van der Waals surface area contributed by atoms with E-state index < -0.39 is 69.2 Å². The maximum atomic E-state index is 14.0. The number of morpholine rings is 1. The van der Waals surface area contributed by atoms with E-state index in [1.165, 1.54) is 13.0 Å². The van der Waals surface area contributed by atoms with Crippen LogP contribution in [0.3, 0.4) is 0 Å². The Labute approximate surface area is 232 Å². The minimum atomic E-state index is -2.24. The quantitative estimate of drug-likeness (QED) is 0.350. The third-order valence-corrected chi connectivity index (χ3v) is 10.3. The number of aliphatic hydroxyl groups is 3. The summed E-state index contributed by atoms with van der Waals surface area (Å²) < 4.78 is 18.1. The van der Waals surface area contributed by atoms with Gasteiger partial charge in [0.15, 0.2) is 17.5 Å². The second kappa shape index (κ2) is 9.79. The molecule has 38 heavy (non-hydrogen) atoms. The van der Waals surface area contributed by atoms with E-state index >= 15 is 0 Å². The van der Waals surface area contributed by atoms with Gasteiger partial charge in [-0.25, -0.2) is 0 Å². The number of rotatable bonds is 4. The first-order valence-electron chi connectivity index (χ1n) is 13.4. The van der Waals surface area contributed by atoms with Crippen LogP contribution in [-0.2, 0) is 23.8 Å². The number of esters is 1. The van der Waals surface area contributed by atoms with Crippen molar-refractivity contribution in [3.8, 4) is 0 Å². The van der Waals surface area contributed by atoms with Gasteiger partial charge in [-0.3, -0.25) is 14.5 Å². The standard InChI is InChI=1S/C28H45NO8.ClH/c1-9-25(6)16-18(31)28(34)26(7)17(30)10-11-23(2,3)20(26)19(32)21(27(28,8)37-25)36-22(33)24(4,5)29-12-14-35-15-13-29;/h9,17,19-21,30,32,34H,1,10-16H2,2-8H3;1H/t17-,19?,20?,21?,25-,26?,27+,28-;/m0./s1. The molecule has 218 valence electrons. The first-order valence-corrected chi connectivity index (χ1v) is 13.4. The van der Waals surface area contributed by atoms with Gasteiger partial charge < -0.3 is 29.5 Å². The van der Waals surface area contributed by atoms with Crippen molar-refractivity contribution in [1.29, 1.82) is 0 Å². The van der Waals surface area contributed by atoms with E-state index in [1.54, 1.807) is 27.7 Å². The fourth-order valence-corrected chi connectivity index (χ4v) is 7.99. The molecule has 4 rings (SSSR count). The van der Waals surface area contributed by atoms with Crippen molar-refractivity contribution in [3.05, 3.63) is 12.7 Å². The molecule has 8 atom stereocenters. The molecular weight excluding hydrogens is 514 g/mol. The van der Waals surface area contributed by atoms with Crippen molar-refractivity contribution in [2.45, 2.75) is 108 Å². The van der Waals surface area contributed by atoms with E-state index in [1.807, 2.05) is 18.7 Å². The number of carbonyl (C=O) groups is 2. The Morgan fingerprint density at radius 2 is 1.74 bits per heavy atom. The first-order chi connectivity index (χ1) is 16.9. The molecule has 4 unspecified atom stereocenters. The summed E-state index contributed by atoms with van der Waals surface area (Å²) in [7, 11) is 0. The molecule has 0 aromatic carbocycles. The van der Waals surface area contributed by atoms with Gasteiger partial charge in [0.05, 0.1) is 31.0 Å². The lowest BCUT2D eigenvalue weighted by Crippen LogP contribution is -2.87. The second-order valence-corrected chi connectivity index (χ2v) is 13.3. The van der Waals surface area contributed by atoms with Crippen molar-refractivity contribution in [3.63, 3.8) is 0 Å². The maximum absolute atomic E-state index is 14.0. The molecule has 10 heteroatoms. The minimum Gasteiger partial charge on any atom is -0.455 e. The van der Waals surface area contributed by atoms with E-state index in [4.69, 9.17) is 14.2 Å². The van der Waals surface area contributed by atoms with Crippen molar-refractivity contribution < 1.29 is 39.1 Å². The van der Waals surface area contributed by atoms with Gasteiger partial charge >= 0.3 is 5.97 Å². The van der Waals surface area contributed by atoms with Crippen LogP contribution < -0.4 is 0 Å². The molecule has 0 aromatic heterocycles. The number of ketones is 1. The van der Waals surface area contributed by atoms with Crippen LogP contribution in [-0.4, -0.2) is 98.9 Å². The summed E-state index contributed by atoms with van der Waals surface area (Å²) in [6.45, 7) is 18.2. The van der Waals surface area contributed by atoms with Gasteiger partial charge in [0.25, 0.3) is 0 Å². The summed E-state index contributed by atoms with van der Waals surface area (Å²) in [5, 5.41) is 35.9. The van der Waals surface area contributed by atoms with Gasteiger partial charge in [-0.1, -0.05) is 26.8 Å². The van der Waals surface area contributed by atoms with E-state index in [0.717, 1.165) is 0 Å². The fourth-order valence-electron chi connectivity index (χ4n) is 7.99. The number of fused-ring (bicyclic) bond motifs is 3. The highest BCUT2D eigenvalue weighted by atomic mass is 35.5. The minimum absolute atomic E-state index is 0. The van der Waals surface area contributed by atoms with E-state index in [-0.39, 0.29) is 18.8 Å². The van der Waals surface area contributed by atoms with Gasteiger partial charge in [-0.15, -0.1) is 19.0 Å². The Balaban J connectivity index is 0.00000400. The van der Waals surface area contributed by atoms with Gasteiger partial charge in [-0.05, 0) is 46.0 Å². The molecule has 0 spiro atoms. The fraction of sp³-hybridized carbons (Fsp3) is 0.857. The van der Waals surface area contributed by atoms with Gasteiger partial charge in [0.1, 0.15) is 11.1 Å². The number of halogens is 1. The maximum Gasteiger partial charge on any atom is 0.326 e. The Morgan fingerprint density at radius 3 is 2.29 bits per heavy atom. The zero-order valence-electron chi connectivity index (χ0n) is 23.8. The van der Waals surface area contributed by atoms with Crippen LogP contribution >= 0.6 is 12.4 Å². The Bertz CT molecular complexity index is 967. The van der Waals surface area contributed by atoms with E-state index in [2.05, 4.69) is 6.58 Å². The van der Waals surface area contributed by atoms with Crippen molar-refractivity contribution in [2.24, 2.45) is 16.7 Å². The predicted molar refractivity (Wildman–Crippen MR) is 143 cm³/mol. The summed E-state index contributed by atoms with van der Waals surface area (Å²) in [5.74, 6) is -1.87. The second-order valence-electron chi connectivity index (χ2n) is 13.3. The number of ether oxygens (including phenoxy) is 3. The molecule has 4 aliphatic rings. The average molecular weight is 560 g/mol. The summed E-state index contributed by atoms with van der Waals surface area (Å²) >= 11 is 0.